The van der Waals surface area contributed by atoms with Crippen molar-refractivity contribution < 1.29 is 17.8 Å². The summed E-state index contributed by atoms with van der Waals surface area (Å²) in [7, 11) is -3.42. The first-order chi connectivity index (χ1) is 17.7. The van der Waals surface area contributed by atoms with Gasteiger partial charge in [0.1, 0.15) is 17.6 Å². The Labute approximate surface area is 218 Å². The summed E-state index contributed by atoms with van der Waals surface area (Å²) in [5.41, 5.74) is 2.43. The predicted octanol–water partition coefficient (Wildman–Crippen LogP) is 4.80. The molecule has 1 aliphatic rings. The molecule has 1 aliphatic heterocycles. The molecule has 1 fully saturated rings. The van der Waals surface area contributed by atoms with Crippen LogP contribution >= 0.6 is 12.2 Å². The van der Waals surface area contributed by atoms with E-state index < -0.39 is 21.0 Å². The van der Waals surface area contributed by atoms with Gasteiger partial charge in [0.25, 0.3) is 5.69 Å². The maximum atomic E-state index is 11.6. The number of anilines is 2. The number of nitrogens with zero attached hydrogens (tertiary/aromatic N) is 3. The van der Waals surface area contributed by atoms with Crippen molar-refractivity contribution in [2.45, 2.75) is 12.1 Å². The highest BCUT2D eigenvalue weighted by Crippen LogP contribution is 2.43. The highest BCUT2D eigenvalue weighted by molar-refractivity contribution is 7.92. The second-order valence-electron chi connectivity index (χ2n) is 8.43. The van der Waals surface area contributed by atoms with Crippen LogP contribution < -0.4 is 14.9 Å². The smallest absolute Gasteiger partial charge is 0.270 e. The highest BCUT2D eigenvalue weighted by atomic mass is 32.2. The van der Waals surface area contributed by atoms with E-state index in [-0.39, 0.29) is 11.7 Å². The second kappa shape index (κ2) is 9.64. The van der Waals surface area contributed by atoms with Crippen molar-refractivity contribution >= 4 is 44.4 Å². The Balaban J connectivity index is 1.55. The SMILES string of the molecule is CS(=O)(=O)Nc1ccc(N2C(=S)N[C@@H](c3ccccn3)[C@@H]2c2ccc(-c3cccc([N+](=O)[O-])c3)o2)cc1. The molecule has 12 heteroatoms. The molecule has 2 aromatic heterocycles. The number of nitrogens with one attached hydrogen (secondary N) is 2. The van der Waals surface area contributed by atoms with E-state index in [1.807, 2.05) is 29.2 Å². The third-order valence-electron chi connectivity index (χ3n) is 5.81. The lowest BCUT2D eigenvalue weighted by molar-refractivity contribution is -0.384. The van der Waals surface area contributed by atoms with Crippen molar-refractivity contribution in [1.82, 2.24) is 10.3 Å². The van der Waals surface area contributed by atoms with Gasteiger partial charge in [0.2, 0.25) is 10.0 Å². The van der Waals surface area contributed by atoms with Crippen LogP contribution in [-0.2, 0) is 10.0 Å². The van der Waals surface area contributed by atoms with Crippen molar-refractivity contribution in [3.8, 4) is 11.3 Å². The number of aromatic nitrogens is 1. The largest absolute Gasteiger partial charge is 0.459 e. The van der Waals surface area contributed by atoms with Gasteiger partial charge >= 0.3 is 0 Å². The Hall–Kier alpha value is -4.29. The number of non-ortho nitro benzene ring substituents is 1. The van der Waals surface area contributed by atoms with E-state index in [1.165, 1.54) is 12.1 Å². The number of pyridine rings is 1. The molecule has 2 aromatic carbocycles. The van der Waals surface area contributed by atoms with Gasteiger partial charge in [0.15, 0.2) is 5.11 Å². The van der Waals surface area contributed by atoms with Crippen LogP contribution in [0.25, 0.3) is 11.3 Å². The van der Waals surface area contributed by atoms with Crippen LogP contribution in [0.2, 0.25) is 0 Å². The number of hydrogen-bond acceptors (Lipinski definition) is 7. The summed E-state index contributed by atoms with van der Waals surface area (Å²) in [5.74, 6) is 1.05. The summed E-state index contributed by atoms with van der Waals surface area (Å²) in [4.78, 5) is 17.2. The van der Waals surface area contributed by atoms with E-state index in [1.54, 1.807) is 48.7 Å². The Morgan fingerprint density at radius 2 is 1.86 bits per heavy atom. The number of nitro groups is 1. The maximum Gasteiger partial charge on any atom is 0.270 e. The minimum Gasteiger partial charge on any atom is -0.459 e. The molecule has 3 heterocycles. The van der Waals surface area contributed by atoms with E-state index in [0.717, 1.165) is 11.9 Å². The van der Waals surface area contributed by atoms with E-state index in [9.17, 15) is 18.5 Å². The van der Waals surface area contributed by atoms with E-state index in [0.29, 0.717) is 33.6 Å². The lowest BCUT2D eigenvalue weighted by Gasteiger charge is -2.26. The molecular formula is C25H21N5O5S2. The van der Waals surface area contributed by atoms with Crippen LogP contribution in [0.4, 0.5) is 17.1 Å². The molecule has 0 bridgehead atoms. The second-order valence-corrected chi connectivity index (χ2v) is 10.6. The number of thiocarbonyl (C=S) groups is 1. The molecule has 2 N–H and O–H groups in total. The van der Waals surface area contributed by atoms with Crippen LogP contribution in [0.15, 0.2) is 89.5 Å². The fourth-order valence-electron chi connectivity index (χ4n) is 4.27. The monoisotopic (exact) mass is 535 g/mol. The third kappa shape index (κ3) is 5.15. The van der Waals surface area contributed by atoms with Crippen molar-refractivity contribution in [2.75, 3.05) is 15.9 Å². The number of hydrogen-bond donors (Lipinski definition) is 2. The van der Waals surface area contributed by atoms with Crippen molar-refractivity contribution in [3.05, 3.63) is 107 Å². The van der Waals surface area contributed by atoms with E-state index >= 15 is 0 Å². The molecule has 188 valence electrons. The average molecular weight is 536 g/mol. The van der Waals surface area contributed by atoms with Gasteiger partial charge < -0.3 is 14.6 Å². The molecule has 0 saturated carbocycles. The van der Waals surface area contributed by atoms with Crippen LogP contribution in [0.3, 0.4) is 0 Å². The van der Waals surface area contributed by atoms with Gasteiger partial charge in [-0.3, -0.25) is 19.8 Å². The predicted molar refractivity (Wildman–Crippen MR) is 144 cm³/mol. The van der Waals surface area contributed by atoms with Crippen LogP contribution in [0.1, 0.15) is 23.5 Å². The molecule has 4 aromatic rings. The van der Waals surface area contributed by atoms with E-state index in [4.69, 9.17) is 16.6 Å². The van der Waals surface area contributed by atoms with Gasteiger partial charge in [-0.15, -0.1) is 0 Å². The lowest BCUT2D eigenvalue weighted by atomic mass is 10.0. The fraction of sp³-hybridized carbons (Fsp3) is 0.120. The lowest BCUT2D eigenvalue weighted by Crippen LogP contribution is -2.29. The first-order valence-corrected chi connectivity index (χ1v) is 13.4. The molecule has 0 amide bonds. The average Bonchev–Trinajstić information content (AvgIpc) is 3.49. The molecule has 37 heavy (non-hydrogen) atoms. The molecular weight excluding hydrogens is 514 g/mol. The number of benzene rings is 2. The summed E-state index contributed by atoms with van der Waals surface area (Å²) >= 11 is 5.70. The topological polar surface area (TPSA) is 131 Å². The van der Waals surface area contributed by atoms with Gasteiger partial charge in [-0.1, -0.05) is 18.2 Å². The van der Waals surface area contributed by atoms with Gasteiger partial charge in [-0.2, -0.15) is 0 Å². The van der Waals surface area contributed by atoms with Gasteiger partial charge in [0.05, 0.1) is 22.9 Å². The van der Waals surface area contributed by atoms with Gasteiger partial charge in [0, 0.05) is 35.3 Å². The Morgan fingerprint density at radius 1 is 1.08 bits per heavy atom. The molecule has 0 spiro atoms. The Kier molecular flexibility index (Phi) is 6.36. The molecule has 5 rings (SSSR count). The van der Waals surface area contributed by atoms with Gasteiger partial charge in [-0.25, -0.2) is 8.42 Å². The first kappa shape index (κ1) is 24.4. The molecule has 10 nitrogen and oxygen atoms in total. The maximum absolute atomic E-state index is 11.6. The standard InChI is InChI=1S/C25H21N5O5S2/c1-37(33,34)28-17-8-10-18(11-9-17)29-24(23(27-25(29)36)20-7-2-3-14-26-20)22-13-12-21(35-22)16-5-4-6-19(15-16)30(31)32/h2-15,23-24,28H,1H3,(H,27,36)/t23-,24-/m0/s1. The Morgan fingerprint density at radius 3 is 2.54 bits per heavy atom. The zero-order valence-electron chi connectivity index (χ0n) is 19.4. The summed E-state index contributed by atoms with van der Waals surface area (Å²) in [6.07, 6.45) is 2.78. The summed E-state index contributed by atoms with van der Waals surface area (Å²) in [5, 5.41) is 15.0. The highest BCUT2D eigenvalue weighted by Gasteiger charge is 2.42. The molecule has 0 radical (unpaired) electrons. The number of furan rings is 1. The molecule has 0 unspecified atom stereocenters. The van der Waals surface area contributed by atoms with Crippen LogP contribution in [0.5, 0.6) is 0 Å². The number of sulfonamides is 1. The van der Waals surface area contributed by atoms with Crippen LogP contribution in [-0.4, -0.2) is 29.7 Å². The molecule has 1 saturated heterocycles. The zero-order chi connectivity index (χ0) is 26.2. The minimum atomic E-state index is -3.42. The van der Waals surface area contributed by atoms with Crippen molar-refractivity contribution in [1.29, 1.82) is 0 Å². The summed E-state index contributed by atoms with van der Waals surface area (Å²) < 4.78 is 31.9. The zero-order valence-corrected chi connectivity index (χ0v) is 21.1. The van der Waals surface area contributed by atoms with Crippen molar-refractivity contribution in [2.24, 2.45) is 0 Å². The number of rotatable bonds is 7. The minimum absolute atomic E-state index is 0.0325. The normalized spacial score (nSPS) is 17.4. The molecule has 0 aliphatic carbocycles. The fourth-order valence-corrected chi connectivity index (χ4v) is 5.18. The van der Waals surface area contributed by atoms with Crippen LogP contribution in [0, 0.1) is 10.1 Å². The summed E-state index contributed by atoms with van der Waals surface area (Å²) in [6, 6.07) is 21.5. The van der Waals surface area contributed by atoms with E-state index in [2.05, 4.69) is 15.0 Å². The Bertz CT molecular complexity index is 1570. The third-order valence-corrected chi connectivity index (χ3v) is 6.73. The summed E-state index contributed by atoms with van der Waals surface area (Å²) in [6.45, 7) is 0. The quantitative estimate of drug-likeness (QED) is 0.195. The molecule has 2 atom stereocenters. The van der Waals surface area contributed by atoms with Crippen molar-refractivity contribution in [3.63, 3.8) is 0 Å². The number of nitro benzene ring substituents is 1. The van der Waals surface area contributed by atoms with Gasteiger partial charge in [-0.05, 0) is 60.7 Å². The first-order valence-electron chi connectivity index (χ1n) is 11.1.